The maximum atomic E-state index is 10.9. The Morgan fingerprint density at radius 2 is 1.87 bits per heavy atom. The van der Waals surface area contributed by atoms with E-state index in [-0.39, 0.29) is 12.8 Å². The zero-order chi connectivity index (χ0) is 11.4. The number of nitrogens with zero attached hydrogens (tertiary/aromatic N) is 1. The first kappa shape index (κ1) is 11.0. The normalized spacial score (nSPS) is 15.3. The van der Waals surface area contributed by atoms with Gasteiger partial charge in [-0.1, -0.05) is 0 Å². The van der Waals surface area contributed by atoms with Gasteiger partial charge in [0.05, 0.1) is 0 Å². The molecular weight excluding hydrogens is 208 g/mol. The number of amides is 3. The third-order valence-corrected chi connectivity index (χ3v) is 1.58. The highest BCUT2D eigenvalue weighted by molar-refractivity contribution is 6.01. The second-order valence-electron chi connectivity index (χ2n) is 2.70. The zero-order valence-corrected chi connectivity index (χ0v) is 7.56. The summed E-state index contributed by atoms with van der Waals surface area (Å²) in [6.45, 7) is -0.619. The molecule has 0 unspecified atom stereocenters. The Labute approximate surface area is 83.7 Å². The van der Waals surface area contributed by atoms with Crippen molar-refractivity contribution in [1.82, 2.24) is 10.4 Å². The van der Waals surface area contributed by atoms with E-state index in [4.69, 9.17) is 5.11 Å². The number of carboxylic acid groups (broad SMARTS) is 1. The molecule has 8 nitrogen and oxygen atoms in total. The average molecular weight is 216 g/mol. The van der Waals surface area contributed by atoms with Crippen LogP contribution in [-0.4, -0.2) is 40.6 Å². The van der Waals surface area contributed by atoms with Crippen LogP contribution in [0.15, 0.2) is 0 Å². The number of rotatable bonds is 3. The summed E-state index contributed by atoms with van der Waals surface area (Å²) in [6, 6.07) is 0. The van der Waals surface area contributed by atoms with Crippen molar-refractivity contribution in [2.75, 3.05) is 6.54 Å². The van der Waals surface area contributed by atoms with E-state index in [1.54, 1.807) is 5.32 Å². The van der Waals surface area contributed by atoms with Gasteiger partial charge in [0.25, 0.3) is 11.8 Å². The smallest absolute Gasteiger partial charge is 0.405 e. The Kier molecular flexibility index (Phi) is 3.21. The molecule has 1 saturated heterocycles. The highest BCUT2D eigenvalue weighted by atomic mass is 16.7. The lowest BCUT2D eigenvalue weighted by atomic mass is 10.4. The minimum absolute atomic E-state index is 0.00152. The van der Waals surface area contributed by atoms with Crippen molar-refractivity contribution in [3.05, 3.63) is 0 Å². The lowest BCUT2D eigenvalue weighted by Crippen LogP contribution is -2.37. The molecule has 1 rings (SSSR count). The lowest BCUT2D eigenvalue weighted by Gasteiger charge is -2.11. The first-order valence-corrected chi connectivity index (χ1v) is 4.04. The molecule has 1 aliphatic heterocycles. The number of imide groups is 1. The van der Waals surface area contributed by atoms with E-state index in [1.165, 1.54) is 0 Å². The predicted octanol–water partition coefficient (Wildman–Crippen LogP) is -1.14. The van der Waals surface area contributed by atoms with Gasteiger partial charge in [0.15, 0.2) is 0 Å². The maximum absolute atomic E-state index is 10.9. The summed E-state index contributed by atoms with van der Waals surface area (Å²) in [6.07, 6.45) is -1.40. The summed E-state index contributed by atoms with van der Waals surface area (Å²) < 4.78 is 0. The van der Waals surface area contributed by atoms with Gasteiger partial charge in [0.1, 0.15) is 6.54 Å². The first-order valence-electron chi connectivity index (χ1n) is 4.04. The highest BCUT2D eigenvalue weighted by Crippen LogP contribution is 2.11. The molecule has 1 fully saturated rings. The zero-order valence-electron chi connectivity index (χ0n) is 7.56. The molecule has 0 aliphatic carbocycles. The van der Waals surface area contributed by atoms with Crippen molar-refractivity contribution in [1.29, 1.82) is 0 Å². The van der Waals surface area contributed by atoms with E-state index in [9.17, 15) is 19.2 Å². The fraction of sp³-hybridized carbons (Fsp3) is 0.429. The molecule has 2 N–H and O–H groups in total. The van der Waals surface area contributed by atoms with Gasteiger partial charge in [-0.05, 0) is 0 Å². The predicted molar refractivity (Wildman–Crippen MR) is 43.2 cm³/mol. The number of carbonyl (C=O) groups is 4. The monoisotopic (exact) mass is 216 g/mol. The van der Waals surface area contributed by atoms with Crippen molar-refractivity contribution < 1.29 is 29.1 Å². The number of hydrogen-bond donors (Lipinski definition) is 2. The fourth-order valence-electron chi connectivity index (χ4n) is 0.940. The van der Waals surface area contributed by atoms with Gasteiger partial charge in [-0.3, -0.25) is 9.59 Å². The third kappa shape index (κ3) is 2.93. The van der Waals surface area contributed by atoms with Gasteiger partial charge < -0.3 is 15.3 Å². The molecule has 15 heavy (non-hydrogen) atoms. The van der Waals surface area contributed by atoms with Crippen LogP contribution >= 0.6 is 0 Å². The standard InChI is InChI=1S/C7H8N2O6/c10-4-1-2-5(11)9(4)15-6(12)3-8-7(13)14/h8H,1-3H2,(H,13,14). The quantitative estimate of drug-likeness (QED) is 0.576. The Morgan fingerprint density at radius 1 is 1.33 bits per heavy atom. The summed E-state index contributed by atoms with van der Waals surface area (Å²) in [5, 5.41) is 10.3. The molecular formula is C7H8N2O6. The van der Waals surface area contributed by atoms with E-state index in [2.05, 4.69) is 4.84 Å². The minimum atomic E-state index is -1.40. The summed E-state index contributed by atoms with van der Waals surface area (Å²) in [5.74, 6) is -2.23. The Bertz CT molecular complexity index is 309. The van der Waals surface area contributed by atoms with E-state index in [0.29, 0.717) is 5.06 Å². The summed E-state index contributed by atoms with van der Waals surface area (Å²) in [5.41, 5.74) is 0. The van der Waals surface area contributed by atoms with Crippen molar-refractivity contribution in [2.24, 2.45) is 0 Å². The highest BCUT2D eigenvalue weighted by Gasteiger charge is 2.32. The van der Waals surface area contributed by atoms with Crippen LogP contribution in [0.3, 0.4) is 0 Å². The van der Waals surface area contributed by atoms with Crippen LogP contribution in [0, 0.1) is 0 Å². The molecule has 0 radical (unpaired) electrons. The molecule has 82 valence electrons. The SMILES string of the molecule is O=C(O)NCC(=O)ON1C(=O)CCC1=O. The largest absolute Gasteiger partial charge is 0.465 e. The summed E-state index contributed by atoms with van der Waals surface area (Å²) >= 11 is 0. The topological polar surface area (TPSA) is 113 Å². The van der Waals surface area contributed by atoms with Crippen molar-refractivity contribution in [2.45, 2.75) is 12.8 Å². The van der Waals surface area contributed by atoms with Crippen LogP contribution in [0.25, 0.3) is 0 Å². The van der Waals surface area contributed by atoms with Gasteiger partial charge in [-0.15, -0.1) is 5.06 Å². The number of hydrogen-bond acceptors (Lipinski definition) is 5. The first-order chi connectivity index (χ1) is 7.00. The molecule has 0 aromatic carbocycles. The van der Waals surface area contributed by atoms with Crippen LogP contribution in [0.5, 0.6) is 0 Å². The van der Waals surface area contributed by atoms with Gasteiger partial charge in [-0.25, -0.2) is 9.59 Å². The van der Waals surface area contributed by atoms with E-state index in [1.807, 2.05) is 0 Å². The van der Waals surface area contributed by atoms with Gasteiger partial charge in [0, 0.05) is 12.8 Å². The Morgan fingerprint density at radius 3 is 2.33 bits per heavy atom. The van der Waals surface area contributed by atoms with E-state index in [0.717, 1.165) is 0 Å². The molecule has 8 heteroatoms. The van der Waals surface area contributed by atoms with Crippen molar-refractivity contribution in [3.63, 3.8) is 0 Å². The molecule has 0 aromatic rings. The van der Waals surface area contributed by atoms with Crippen LogP contribution in [0.2, 0.25) is 0 Å². The molecule has 0 spiro atoms. The van der Waals surface area contributed by atoms with Crippen LogP contribution in [-0.2, 0) is 19.2 Å². The molecule has 0 atom stereocenters. The van der Waals surface area contributed by atoms with Crippen LogP contribution < -0.4 is 5.32 Å². The molecule has 3 amide bonds. The van der Waals surface area contributed by atoms with Crippen LogP contribution in [0.1, 0.15) is 12.8 Å². The minimum Gasteiger partial charge on any atom is -0.465 e. The molecule has 1 heterocycles. The van der Waals surface area contributed by atoms with Crippen LogP contribution in [0.4, 0.5) is 4.79 Å². The summed E-state index contributed by atoms with van der Waals surface area (Å²) in [7, 11) is 0. The Hall–Kier alpha value is -2.12. The van der Waals surface area contributed by atoms with Gasteiger partial charge >= 0.3 is 12.1 Å². The van der Waals surface area contributed by atoms with Gasteiger partial charge in [0.2, 0.25) is 0 Å². The lowest BCUT2D eigenvalue weighted by molar-refractivity contribution is -0.196. The van der Waals surface area contributed by atoms with E-state index < -0.39 is 30.4 Å². The molecule has 0 aromatic heterocycles. The van der Waals surface area contributed by atoms with Crippen molar-refractivity contribution in [3.8, 4) is 0 Å². The molecule has 0 saturated carbocycles. The summed E-state index contributed by atoms with van der Waals surface area (Å²) in [4.78, 5) is 47.2. The fourth-order valence-corrected chi connectivity index (χ4v) is 0.940. The number of hydroxylamine groups is 2. The van der Waals surface area contributed by atoms with Crippen molar-refractivity contribution >= 4 is 23.9 Å². The third-order valence-electron chi connectivity index (χ3n) is 1.58. The molecule has 1 aliphatic rings. The Balaban J connectivity index is 2.40. The van der Waals surface area contributed by atoms with Gasteiger partial charge in [-0.2, -0.15) is 0 Å². The average Bonchev–Trinajstić information content (AvgIpc) is 2.46. The molecule has 0 bridgehead atoms. The maximum Gasteiger partial charge on any atom is 0.405 e. The number of nitrogens with one attached hydrogen (secondary N) is 1. The second-order valence-corrected chi connectivity index (χ2v) is 2.70. The van der Waals surface area contributed by atoms with E-state index >= 15 is 0 Å². The number of carbonyl (C=O) groups excluding carboxylic acids is 3. The second kappa shape index (κ2) is 4.40.